The third kappa shape index (κ3) is 4.66. The number of hydrogen-bond acceptors (Lipinski definition) is 2. The van der Waals surface area contributed by atoms with Crippen LogP contribution in [0.4, 0.5) is 10.1 Å². The molecule has 3 atom stereocenters. The van der Waals surface area contributed by atoms with Gasteiger partial charge in [-0.05, 0) is 67.7 Å². The Morgan fingerprint density at radius 2 is 1.67 bits per heavy atom. The first-order valence-corrected chi connectivity index (χ1v) is 10.2. The highest BCUT2D eigenvalue weighted by Crippen LogP contribution is 2.35. The zero-order valence-electron chi connectivity index (χ0n) is 15.4. The van der Waals surface area contributed by atoms with Gasteiger partial charge in [0.15, 0.2) is 5.11 Å². The largest absolute Gasteiger partial charge is 0.360 e. The minimum Gasteiger partial charge on any atom is -0.360 e. The summed E-state index contributed by atoms with van der Waals surface area (Å²) in [4.78, 5) is 2.70. The number of anilines is 1. The number of rotatable bonds is 4. The van der Waals surface area contributed by atoms with Crippen molar-refractivity contribution >= 4 is 23.0 Å². The SMILES string of the molecule is Fc1ccc(NC(=S)NC2C[C@H]3CCC[C@@H](C2)N3Cc2ccccc2)cc1. The van der Waals surface area contributed by atoms with Crippen molar-refractivity contribution in [1.82, 2.24) is 10.2 Å². The number of fused-ring (bicyclic) bond motifs is 2. The highest BCUT2D eigenvalue weighted by Gasteiger charge is 2.38. The Kier molecular flexibility index (Phi) is 5.69. The standard InChI is InChI=1S/C22H26FN3S/c23-17-9-11-18(12-10-17)24-22(27)25-19-13-20-7-4-8-21(14-19)26(20)15-16-5-2-1-3-6-16/h1-3,5-6,9-12,19-21H,4,7-8,13-15H2,(H2,24,25,27)/t19?,20-,21+. The van der Waals surface area contributed by atoms with Crippen molar-refractivity contribution in [2.24, 2.45) is 0 Å². The Balaban J connectivity index is 1.35. The van der Waals surface area contributed by atoms with Crippen LogP contribution in [0.3, 0.4) is 0 Å². The van der Waals surface area contributed by atoms with E-state index >= 15 is 0 Å². The predicted octanol–water partition coefficient (Wildman–Crippen LogP) is 4.70. The van der Waals surface area contributed by atoms with Gasteiger partial charge in [0.1, 0.15) is 5.82 Å². The van der Waals surface area contributed by atoms with Gasteiger partial charge in [-0.3, -0.25) is 4.90 Å². The van der Waals surface area contributed by atoms with Crippen LogP contribution in [0.1, 0.15) is 37.7 Å². The Morgan fingerprint density at radius 1 is 1.00 bits per heavy atom. The Labute approximate surface area is 166 Å². The van der Waals surface area contributed by atoms with Gasteiger partial charge in [0, 0.05) is 30.4 Å². The van der Waals surface area contributed by atoms with E-state index in [0.29, 0.717) is 23.2 Å². The molecule has 2 fully saturated rings. The number of piperidine rings is 2. The van der Waals surface area contributed by atoms with Crippen LogP contribution in [-0.2, 0) is 6.54 Å². The van der Waals surface area contributed by atoms with E-state index in [1.807, 2.05) is 0 Å². The lowest BCUT2D eigenvalue weighted by Gasteiger charge is -2.49. The maximum absolute atomic E-state index is 13.0. The molecule has 0 spiro atoms. The lowest BCUT2D eigenvalue weighted by atomic mass is 9.81. The van der Waals surface area contributed by atoms with E-state index < -0.39 is 0 Å². The molecule has 27 heavy (non-hydrogen) atoms. The molecule has 2 N–H and O–H groups in total. The monoisotopic (exact) mass is 383 g/mol. The summed E-state index contributed by atoms with van der Waals surface area (Å²) in [5, 5.41) is 7.29. The molecule has 0 aliphatic carbocycles. The van der Waals surface area contributed by atoms with Crippen molar-refractivity contribution in [2.75, 3.05) is 5.32 Å². The van der Waals surface area contributed by atoms with Crippen LogP contribution in [0.5, 0.6) is 0 Å². The van der Waals surface area contributed by atoms with Crippen LogP contribution in [0.25, 0.3) is 0 Å². The summed E-state index contributed by atoms with van der Waals surface area (Å²) in [5.74, 6) is -0.238. The predicted molar refractivity (Wildman–Crippen MR) is 112 cm³/mol. The van der Waals surface area contributed by atoms with E-state index in [9.17, 15) is 4.39 Å². The van der Waals surface area contributed by atoms with Crippen molar-refractivity contribution in [3.63, 3.8) is 0 Å². The number of benzene rings is 2. The van der Waals surface area contributed by atoms with Gasteiger partial charge in [-0.1, -0.05) is 36.8 Å². The molecular weight excluding hydrogens is 357 g/mol. The number of hydrogen-bond donors (Lipinski definition) is 2. The maximum atomic E-state index is 13.0. The van der Waals surface area contributed by atoms with Gasteiger partial charge in [-0.25, -0.2) is 4.39 Å². The molecule has 0 radical (unpaired) electrons. The lowest BCUT2D eigenvalue weighted by Crippen LogP contribution is -2.56. The average molecular weight is 384 g/mol. The molecule has 2 heterocycles. The third-order valence-corrected chi connectivity index (χ3v) is 5.99. The van der Waals surface area contributed by atoms with Crippen molar-refractivity contribution in [2.45, 2.75) is 56.8 Å². The summed E-state index contributed by atoms with van der Waals surface area (Å²) in [6.45, 7) is 1.04. The zero-order valence-corrected chi connectivity index (χ0v) is 16.2. The van der Waals surface area contributed by atoms with Crippen molar-refractivity contribution in [3.05, 3.63) is 66.0 Å². The van der Waals surface area contributed by atoms with Crippen molar-refractivity contribution in [1.29, 1.82) is 0 Å². The highest BCUT2D eigenvalue weighted by molar-refractivity contribution is 7.80. The second-order valence-corrected chi connectivity index (χ2v) is 8.08. The van der Waals surface area contributed by atoms with Gasteiger partial charge in [0.2, 0.25) is 0 Å². The van der Waals surface area contributed by atoms with E-state index in [1.54, 1.807) is 12.1 Å². The van der Waals surface area contributed by atoms with E-state index in [-0.39, 0.29) is 5.82 Å². The Bertz CT molecular complexity index is 751. The Morgan fingerprint density at radius 3 is 2.33 bits per heavy atom. The van der Waals surface area contributed by atoms with Crippen LogP contribution in [0.2, 0.25) is 0 Å². The normalized spacial score (nSPS) is 25.0. The second kappa shape index (κ2) is 8.36. The van der Waals surface area contributed by atoms with Gasteiger partial charge in [-0.15, -0.1) is 0 Å². The first-order chi connectivity index (χ1) is 13.2. The van der Waals surface area contributed by atoms with Gasteiger partial charge in [-0.2, -0.15) is 0 Å². The molecule has 2 bridgehead atoms. The molecule has 0 amide bonds. The lowest BCUT2D eigenvalue weighted by molar-refractivity contribution is 0.0212. The van der Waals surface area contributed by atoms with Crippen LogP contribution in [-0.4, -0.2) is 28.1 Å². The summed E-state index contributed by atoms with van der Waals surface area (Å²) < 4.78 is 13.0. The van der Waals surface area contributed by atoms with E-state index in [1.165, 1.54) is 37.0 Å². The number of thiocarbonyl (C=S) groups is 1. The molecule has 142 valence electrons. The zero-order chi connectivity index (χ0) is 18.6. The maximum Gasteiger partial charge on any atom is 0.170 e. The van der Waals surface area contributed by atoms with Gasteiger partial charge in [0.05, 0.1) is 0 Å². The molecule has 2 aliphatic heterocycles. The van der Waals surface area contributed by atoms with Gasteiger partial charge >= 0.3 is 0 Å². The van der Waals surface area contributed by atoms with Crippen molar-refractivity contribution < 1.29 is 4.39 Å². The van der Waals surface area contributed by atoms with Gasteiger partial charge in [0.25, 0.3) is 0 Å². The molecule has 2 aromatic carbocycles. The second-order valence-electron chi connectivity index (χ2n) is 7.67. The average Bonchev–Trinajstić information content (AvgIpc) is 2.65. The van der Waals surface area contributed by atoms with Gasteiger partial charge < -0.3 is 10.6 Å². The molecule has 0 saturated carbocycles. The van der Waals surface area contributed by atoms with E-state index in [4.69, 9.17) is 12.2 Å². The summed E-state index contributed by atoms with van der Waals surface area (Å²) in [6.07, 6.45) is 6.09. The third-order valence-electron chi connectivity index (χ3n) is 5.77. The molecule has 5 heteroatoms. The number of halogens is 1. The number of nitrogens with one attached hydrogen (secondary N) is 2. The molecule has 2 saturated heterocycles. The van der Waals surface area contributed by atoms with Crippen LogP contribution < -0.4 is 10.6 Å². The minimum atomic E-state index is -0.238. The van der Waals surface area contributed by atoms with E-state index in [0.717, 1.165) is 25.1 Å². The quantitative estimate of drug-likeness (QED) is 0.749. The van der Waals surface area contributed by atoms with Crippen LogP contribution in [0, 0.1) is 5.82 Å². The fourth-order valence-electron chi connectivity index (χ4n) is 4.53. The molecular formula is C22H26FN3S. The molecule has 4 rings (SSSR count). The molecule has 3 nitrogen and oxygen atoms in total. The first-order valence-electron chi connectivity index (χ1n) is 9.80. The molecule has 2 aliphatic rings. The van der Waals surface area contributed by atoms with Crippen LogP contribution in [0.15, 0.2) is 54.6 Å². The molecule has 2 aromatic rings. The smallest absolute Gasteiger partial charge is 0.170 e. The fraction of sp³-hybridized carbons (Fsp3) is 0.409. The van der Waals surface area contributed by atoms with Crippen molar-refractivity contribution in [3.8, 4) is 0 Å². The first kappa shape index (κ1) is 18.4. The summed E-state index contributed by atoms with van der Waals surface area (Å²) in [5.41, 5.74) is 2.21. The Hall–Kier alpha value is -1.98. The summed E-state index contributed by atoms with van der Waals surface area (Å²) in [7, 11) is 0. The van der Waals surface area contributed by atoms with E-state index in [2.05, 4.69) is 45.9 Å². The van der Waals surface area contributed by atoms with Crippen LogP contribution >= 0.6 is 12.2 Å². The summed E-state index contributed by atoms with van der Waals surface area (Å²) in [6, 6.07) is 18.7. The fourth-order valence-corrected chi connectivity index (χ4v) is 4.82. The number of nitrogens with zero attached hydrogens (tertiary/aromatic N) is 1. The molecule has 1 unspecified atom stereocenters. The minimum absolute atomic E-state index is 0.238. The summed E-state index contributed by atoms with van der Waals surface area (Å²) >= 11 is 5.49. The molecule has 0 aromatic heterocycles. The highest BCUT2D eigenvalue weighted by atomic mass is 32.1. The topological polar surface area (TPSA) is 27.3 Å².